The second kappa shape index (κ2) is 11.1. The molecule has 1 saturated heterocycles. The van der Waals surface area contributed by atoms with Gasteiger partial charge in [-0.3, -0.25) is 9.69 Å². The summed E-state index contributed by atoms with van der Waals surface area (Å²) in [5.74, 6) is 2.63. The van der Waals surface area contributed by atoms with Gasteiger partial charge in [-0.25, -0.2) is 0 Å². The van der Waals surface area contributed by atoms with Crippen molar-refractivity contribution in [1.82, 2.24) is 9.80 Å². The van der Waals surface area contributed by atoms with Gasteiger partial charge in [0.05, 0.1) is 14.2 Å². The Morgan fingerprint density at radius 1 is 1.00 bits per heavy atom. The monoisotopic (exact) mass is 452 g/mol. The number of hydrogen-bond donors (Lipinski definition) is 0. The molecular formula is C28H40N2O3. The van der Waals surface area contributed by atoms with Gasteiger partial charge in [0.1, 0.15) is 11.5 Å². The summed E-state index contributed by atoms with van der Waals surface area (Å²) < 4.78 is 10.9. The Morgan fingerprint density at radius 2 is 1.61 bits per heavy atom. The molecule has 2 aromatic rings. The summed E-state index contributed by atoms with van der Waals surface area (Å²) in [4.78, 5) is 17.5. The van der Waals surface area contributed by atoms with Crippen molar-refractivity contribution in [3.63, 3.8) is 0 Å². The Labute approximate surface area is 199 Å². The van der Waals surface area contributed by atoms with Gasteiger partial charge in [0.25, 0.3) is 0 Å². The maximum Gasteiger partial charge on any atom is 0.225 e. The van der Waals surface area contributed by atoms with Gasteiger partial charge in [0.2, 0.25) is 5.91 Å². The Kier molecular flexibility index (Phi) is 8.41. The highest BCUT2D eigenvalue weighted by atomic mass is 16.5. The van der Waals surface area contributed by atoms with Crippen molar-refractivity contribution in [2.75, 3.05) is 33.9 Å². The molecule has 0 aliphatic carbocycles. The van der Waals surface area contributed by atoms with Crippen LogP contribution in [0.25, 0.3) is 0 Å². The zero-order valence-corrected chi connectivity index (χ0v) is 21.3. The molecule has 2 atom stereocenters. The average molecular weight is 453 g/mol. The maximum absolute atomic E-state index is 13.0. The molecule has 5 nitrogen and oxygen atoms in total. The van der Waals surface area contributed by atoms with Gasteiger partial charge >= 0.3 is 0 Å². The third-order valence-corrected chi connectivity index (χ3v) is 6.67. The van der Waals surface area contributed by atoms with E-state index < -0.39 is 0 Å². The topological polar surface area (TPSA) is 42.0 Å². The van der Waals surface area contributed by atoms with Crippen LogP contribution in [-0.2, 0) is 11.3 Å². The van der Waals surface area contributed by atoms with Crippen LogP contribution in [0.4, 0.5) is 0 Å². The molecule has 3 rings (SSSR count). The number of likely N-dealkylation sites (tertiary alicyclic amines) is 1. The van der Waals surface area contributed by atoms with E-state index in [1.807, 2.05) is 19.9 Å². The van der Waals surface area contributed by atoms with Gasteiger partial charge in [-0.2, -0.15) is 0 Å². The van der Waals surface area contributed by atoms with Crippen molar-refractivity contribution in [1.29, 1.82) is 0 Å². The first-order valence-corrected chi connectivity index (χ1v) is 12.0. The molecule has 2 aromatic carbocycles. The minimum absolute atomic E-state index is 0.00646. The number of carbonyl (C=O) groups is 1. The lowest BCUT2D eigenvalue weighted by Gasteiger charge is -2.33. The molecule has 1 fully saturated rings. The average Bonchev–Trinajstić information content (AvgIpc) is 3.18. The van der Waals surface area contributed by atoms with E-state index in [9.17, 15) is 4.79 Å². The van der Waals surface area contributed by atoms with Crippen molar-refractivity contribution in [2.24, 2.45) is 11.8 Å². The van der Waals surface area contributed by atoms with E-state index in [1.54, 1.807) is 14.2 Å². The Morgan fingerprint density at radius 3 is 2.12 bits per heavy atom. The van der Waals surface area contributed by atoms with E-state index >= 15 is 0 Å². The smallest absolute Gasteiger partial charge is 0.225 e. The lowest BCUT2D eigenvalue weighted by atomic mass is 9.87. The molecule has 180 valence electrons. The molecule has 1 aliphatic rings. The van der Waals surface area contributed by atoms with Gasteiger partial charge in [0.15, 0.2) is 0 Å². The highest BCUT2D eigenvalue weighted by Gasteiger charge is 2.36. The van der Waals surface area contributed by atoms with Gasteiger partial charge in [-0.05, 0) is 49.9 Å². The molecule has 1 amide bonds. The Bertz CT molecular complexity index is 901. The standard InChI is InChI=1S/C28H40N2O3/c1-19(2)28(31)30(20(3)4)17-24-16-29(18-27(24)23-10-8-21(5)9-11-23)15-22-12-25(32-6)14-26(13-22)33-7/h8-14,19-20,24,27H,15-18H2,1-7H3. The minimum Gasteiger partial charge on any atom is -0.497 e. The molecule has 1 aliphatic heterocycles. The van der Waals surface area contributed by atoms with Crippen molar-refractivity contribution in [3.05, 3.63) is 59.2 Å². The fourth-order valence-corrected chi connectivity index (χ4v) is 4.82. The number of methoxy groups -OCH3 is 2. The van der Waals surface area contributed by atoms with Crippen molar-refractivity contribution in [2.45, 2.75) is 53.1 Å². The number of carbonyl (C=O) groups excluding carboxylic acids is 1. The second-order valence-corrected chi connectivity index (χ2v) is 9.93. The molecule has 0 N–H and O–H groups in total. The van der Waals surface area contributed by atoms with E-state index in [-0.39, 0.29) is 17.9 Å². The predicted molar refractivity (Wildman–Crippen MR) is 134 cm³/mol. The Balaban J connectivity index is 1.85. The molecule has 1 heterocycles. The molecule has 2 unspecified atom stereocenters. The number of hydrogen-bond acceptors (Lipinski definition) is 4. The first-order valence-electron chi connectivity index (χ1n) is 12.0. The van der Waals surface area contributed by atoms with E-state index in [0.717, 1.165) is 37.7 Å². The van der Waals surface area contributed by atoms with Crippen LogP contribution in [0.3, 0.4) is 0 Å². The first-order chi connectivity index (χ1) is 15.7. The summed E-state index contributed by atoms with van der Waals surface area (Å²) in [6.07, 6.45) is 0. The zero-order valence-electron chi connectivity index (χ0n) is 21.3. The van der Waals surface area contributed by atoms with Crippen LogP contribution in [0.15, 0.2) is 42.5 Å². The van der Waals surface area contributed by atoms with Crippen LogP contribution < -0.4 is 9.47 Å². The zero-order chi connectivity index (χ0) is 24.1. The fourth-order valence-electron chi connectivity index (χ4n) is 4.82. The molecular weight excluding hydrogens is 412 g/mol. The van der Waals surface area contributed by atoms with Crippen LogP contribution >= 0.6 is 0 Å². The van der Waals surface area contributed by atoms with Gasteiger partial charge < -0.3 is 14.4 Å². The molecule has 5 heteroatoms. The highest BCUT2D eigenvalue weighted by Crippen LogP contribution is 2.35. The van der Waals surface area contributed by atoms with Gasteiger partial charge in [-0.1, -0.05) is 43.7 Å². The summed E-state index contributed by atoms with van der Waals surface area (Å²) >= 11 is 0. The molecule has 0 radical (unpaired) electrons. The highest BCUT2D eigenvalue weighted by molar-refractivity contribution is 5.78. The number of benzene rings is 2. The fraction of sp³-hybridized carbons (Fsp3) is 0.536. The number of aryl methyl sites for hydroxylation is 1. The van der Waals surface area contributed by atoms with Crippen LogP contribution in [0.2, 0.25) is 0 Å². The van der Waals surface area contributed by atoms with Crippen LogP contribution in [0.5, 0.6) is 11.5 Å². The number of nitrogens with zero attached hydrogens (tertiary/aromatic N) is 2. The van der Waals surface area contributed by atoms with E-state index in [2.05, 4.69) is 67.0 Å². The quantitative estimate of drug-likeness (QED) is 0.530. The molecule has 33 heavy (non-hydrogen) atoms. The van der Waals surface area contributed by atoms with Crippen molar-refractivity contribution < 1.29 is 14.3 Å². The molecule has 0 aromatic heterocycles. The van der Waals surface area contributed by atoms with Crippen LogP contribution in [0.1, 0.15) is 50.3 Å². The summed E-state index contributed by atoms with van der Waals surface area (Å²) in [7, 11) is 3.37. The largest absolute Gasteiger partial charge is 0.497 e. The first kappa shape index (κ1) is 25.1. The SMILES string of the molecule is COc1cc(CN2CC(CN(C(=O)C(C)C)C(C)C)C(c3ccc(C)cc3)C2)cc(OC)c1. The summed E-state index contributed by atoms with van der Waals surface area (Å²) in [6, 6.07) is 15.2. The number of ether oxygens (including phenoxy) is 2. The minimum atomic E-state index is 0.00646. The van der Waals surface area contributed by atoms with Gasteiger partial charge in [0, 0.05) is 50.1 Å². The van der Waals surface area contributed by atoms with Crippen molar-refractivity contribution >= 4 is 5.91 Å². The maximum atomic E-state index is 13.0. The lowest BCUT2D eigenvalue weighted by Crippen LogP contribution is -2.43. The Hall–Kier alpha value is -2.53. The van der Waals surface area contributed by atoms with Crippen LogP contribution in [0, 0.1) is 18.8 Å². The third-order valence-electron chi connectivity index (χ3n) is 6.67. The second-order valence-electron chi connectivity index (χ2n) is 9.93. The molecule has 0 spiro atoms. The van der Waals surface area contributed by atoms with Gasteiger partial charge in [-0.15, -0.1) is 0 Å². The van der Waals surface area contributed by atoms with Crippen LogP contribution in [-0.4, -0.2) is 55.6 Å². The number of rotatable bonds is 9. The predicted octanol–water partition coefficient (Wildman–Crippen LogP) is 5.12. The van der Waals surface area contributed by atoms with Crippen molar-refractivity contribution in [3.8, 4) is 11.5 Å². The lowest BCUT2D eigenvalue weighted by molar-refractivity contribution is -0.136. The molecule has 0 saturated carbocycles. The van der Waals surface area contributed by atoms with E-state index in [1.165, 1.54) is 16.7 Å². The molecule has 0 bridgehead atoms. The normalized spacial score (nSPS) is 18.7. The number of amides is 1. The van der Waals surface area contributed by atoms with E-state index in [4.69, 9.17) is 9.47 Å². The summed E-state index contributed by atoms with van der Waals surface area (Å²) in [5, 5.41) is 0. The summed E-state index contributed by atoms with van der Waals surface area (Å²) in [5.41, 5.74) is 3.80. The summed E-state index contributed by atoms with van der Waals surface area (Å²) in [6.45, 7) is 13.9. The van der Waals surface area contributed by atoms with E-state index in [0.29, 0.717) is 11.8 Å². The third kappa shape index (κ3) is 6.29.